The Morgan fingerprint density at radius 2 is 2.30 bits per heavy atom. The molecule has 0 aromatic carbocycles. The summed E-state index contributed by atoms with van der Waals surface area (Å²) in [7, 11) is 0. The van der Waals surface area contributed by atoms with Crippen LogP contribution in [0, 0.1) is 0 Å². The van der Waals surface area contributed by atoms with Crippen LogP contribution >= 0.6 is 0 Å². The number of hydrogen-bond acceptors (Lipinski definition) is 5. The third-order valence-electron chi connectivity index (χ3n) is 3.24. The van der Waals surface area contributed by atoms with Crippen LogP contribution in [-0.4, -0.2) is 47.6 Å². The van der Waals surface area contributed by atoms with E-state index in [-0.39, 0.29) is 30.9 Å². The van der Waals surface area contributed by atoms with Crippen molar-refractivity contribution in [2.45, 2.75) is 25.6 Å². The number of ether oxygens (including phenoxy) is 1. The van der Waals surface area contributed by atoms with Crippen molar-refractivity contribution in [3.63, 3.8) is 0 Å². The zero-order chi connectivity index (χ0) is 14.5. The van der Waals surface area contributed by atoms with Gasteiger partial charge in [0.25, 0.3) is 0 Å². The number of aromatic carboxylic acids is 1. The Morgan fingerprint density at radius 3 is 2.95 bits per heavy atom. The number of amides is 1. The van der Waals surface area contributed by atoms with Crippen molar-refractivity contribution in [2.24, 2.45) is 5.73 Å². The number of nitrogens with zero attached hydrogens (tertiary/aromatic N) is 1. The van der Waals surface area contributed by atoms with Crippen molar-refractivity contribution in [1.82, 2.24) is 4.90 Å². The molecule has 0 saturated carbocycles. The fourth-order valence-electron chi connectivity index (χ4n) is 2.20. The second kappa shape index (κ2) is 6.53. The van der Waals surface area contributed by atoms with Crippen molar-refractivity contribution < 1.29 is 23.8 Å². The lowest BCUT2D eigenvalue weighted by molar-refractivity contribution is -0.134. The molecule has 0 spiro atoms. The zero-order valence-electron chi connectivity index (χ0n) is 11.1. The number of carboxylic acids is 1. The number of piperidine rings is 1. The largest absolute Gasteiger partial charge is 0.475 e. The summed E-state index contributed by atoms with van der Waals surface area (Å²) in [6.45, 7) is 1.43. The summed E-state index contributed by atoms with van der Waals surface area (Å²) in [4.78, 5) is 23.9. The maximum Gasteiger partial charge on any atom is 0.371 e. The van der Waals surface area contributed by atoms with Gasteiger partial charge in [0, 0.05) is 13.1 Å². The molecule has 2 heterocycles. The number of carbonyl (C=O) groups is 2. The molecule has 2 rings (SSSR count). The summed E-state index contributed by atoms with van der Waals surface area (Å²) in [5, 5.41) is 8.75. The van der Waals surface area contributed by atoms with Crippen LogP contribution in [0.5, 0.6) is 0 Å². The minimum absolute atomic E-state index is 0.00682. The zero-order valence-corrected chi connectivity index (χ0v) is 11.1. The van der Waals surface area contributed by atoms with Crippen LogP contribution in [0.25, 0.3) is 0 Å². The van der Waals surface area contributed by atoms with Gasteiger partial charge in [-0.2, -0.15) is 0 Å². The number of likely N-dealkylation sites (tertiary alicyclic amines) is 1. The van der Waals surface area contributed by atoms with Crippen LogP contribution < -0.4 is 5.73 Å². The van der Waals surface area contributed by atoms with Gasteiger partial charge in [-0.3, -0.25) is 4.79 Å². The summed E-state index contributed by atoms with van der Waals surface area (Å²) < 4.78 is 10.8. The third kappa shape index (κ3) is 3.58. The van der Waals surface area contributed by atoms with E-state index in [1.54, 1.807) is 11.0 Å². The van der Waals surface area contributed by atoms with E-state index in [0.29, 0.717) is 18.8 Å². The summed E-state index contributed by atoms with van der Waals surface area (Å²) >= 11 is 0. The van der Waals surface area contributed by atoms with Gasteiger partial charge in [0.15, 0.2) is 0 Å². The molecule has 1 atom stereocenters. The SMILES string of the molecule is NCC(=O)N1CCCC(OCc2ccc(C(=O)O)o2)C1. The van der Waals surface area contributed by atoms with Gasteiger partial charge in [-0.1, -0.05) is 0 Å². The quantitative estimate of drug-likeness (QED) is 0.812. The van der Waals surface area contributed by atoms with Gasteiger partial charge in [-0.15, -0.1) is 0 Å². The molecule has 1 fully saturated rings. The molecule has 20 heavy (non-hydrogen) atoms. The first kappa shape index (κ1) is 14.5. The topological polar surface area (TPSA) is 106 Å². The Kier molecular flexibility index (Phi) is 4.75. The molecule has 0 aliphatic carbocycles. The second-order valence-electron chi connectivity index (χ2n) is 4.69. The maximum absolute atomic E-state index is 11.5. The number of hydrogen-bond donors (Lipinski definition) is 2. The lowest BCUT2D eigenvalue weighted by atomic mass is 10.1. The molecular formula is C13H18N2O5. The fraction of sp³-hybridized carbons (Fsp3) is 0.538. The highest BCUT2D eigenvalue weighted by atomic mass is 16.5. The summed E-state index contributed by atoms with van der Waals surface area (Å²) in [5.41, 5.74) is 5.34. The van der Waals surface area contributed by atoms with Gasteiger partial charge >= 0.3 is 5.97 Å². The molecular weight excluding hydrogens is 264 g/mol. The Balaban J connectivity index is 1.83. The number of furan rings is 1. The van der Waals surface area contributed by atoms with E-state index < -0.39 is 5.97 Å². The van der Waals surface area contributed by atoms with Crippen molar-refractivity contribution in [3.8, 4) is 0 Å². The number of rotatable bonds is 5. The van der Waals surface area contributed by atoms with Crippen LogP contribution in [0.2, 0.25) is 0 Å². The molecule has 1 aliphatic heterocycles. The first-order valence-corrected chi connectivity index (χ1v) is 6.51. The van der Waals surface area contributed by atoms with E-state index in [4.69, 9.17) is 20.0 Å². The van der Waals surface area contributed by atoms with Crippen LogP contribution in [0.4, 0.5) is 0 Å². The molecule has 1 unspecified atom stereocenters. The monoisotopic (exact) mass is 282 g/mol. The van der Waals surface area contributed by atoms with Gasteiger partial charge in [0.05, 0.1) is 12.6 Å². The molecule has 0 bridgehead atoms. The predicted molar refractivity (Wildman–Crippen MR) is 69.1 cm³/mol. The van der Waals surface area contributed by atoms with Crippen LogP contribution in [-0.2, 0) is 16.1 Å². The van der Waals surface area contributed by atoms with Crippen molar-refractivity contribution in [3.05, 3.63) is 23.7 Å². The van der Waals surface area contributed by atoms with E-state index in [2.05, 4.69) is 0 Å². The van der Waals surface area contributed by atoms with E-state index in [9.17, 15) is 9.59 Å². The molecule has 1 aromatic rings. The van der Waals surface area contributed by atoms with Crippen LogP contribution in [0.15, 0.2) is 16.5 Å². The molecule has 1 saturated heterocycles. The second-order valence-corrected chi connectivity index (χ2v) is 4.69. The van der Waals surface area contributed by atoms with Crippen molar-refractivity contribution in [1.29, 1.82) is 0 Å². The molecule has 110 valence electrons. The van der Waals surface area contributed by atoms with Gasteiger partial charge in [-0.25, -0.2) is 4.79 Å². The summed E-state index contributed by atoms with van der Waals surface area (Å²) in [5.74, 6) is -0.824. The summed E-state index contributed by atoms with van der Waals surface area (Å²) in [6, 6.07) is 2.97. The number of nitrogens with two attached hydrogens (primary N) is 1. The van der Waals surface area contributed by atoms with Crippen LogP contribution in [0.3, 0.4) is 0 Å². The highest BCUT2D eigenvalue weighted by Gasteiger charge is 2.23. The van der Waals surface area contributed by atoms with E-state index in [0.717, 1.165) is 12.8 Å². The smallest absolute Gasteiger partial charge is 0.371 e. The van der Waals surface area contributed by atoms with E-state index in [1.165, 1.54) is 6.07 Å². The minimum Gasteiger partial charge on any atom is -0.475 e. The molecule has 3 N–H and O–H groups in total. The van der Waals surface area contributed by atoms with Crippen molar-refractivity contribution >= 4 is 11.9 Å². The highest BCUT2D eigenvalue weighted by Crippen LogP contribution is 2.16. The van der Waals surface area contributed by atoms with Gasteiger partial charge in [-0.05, 0) is 25.0 Å². The molecule has 1 aromatic heterocycles. The van der Waals surface area contributed by atoms with Crippen LogP contribution in [0.1, 0.15) is 29.2 Å². The normalized spacial score (nSPS) is 19.1. The predicted octanol–water partition coefficient (Wildman–Crippen LogP) is 0.444. The fourth-order valence-corrected chi connectivity index (χ4v) is 2.20. The summed E-state index contributed by atoms with van der Waals surface area (Å²) in [6.07, 6.45) is 1.66. The van der Waals surface area contributed by atoms with Crippen molar-refractivity contribution in [2.75, 3.05) is 19.6 Å². The maximum atomic E-state index is 11.5. The van der Waals surface area contributed by atoms with Gasteiger partial charge < -0.3 is 24.9 Å². The average molecular weight is 282 g/mol. The lowest BCUT2D eigenvalue weighted by Gasteiger charge is -2.32. The average Bonchev–Trinajstić information content (AvgIpc) is 2.93. The molecule has 1 amide bonds. The Bertz CT molecular complexity index is 485. The Morgan fingerprint density at radius 1 is 1.50 bits per heavy atom. The minimum atomic E-state index is -1.10. The first-order valence-electron chi connectivity index (χ1n) is 6.51. The molecule has 1 aliphatic rings. The number of carbonyl (C=O) groups excluding carboxylic acids is 1. The highest BCUT2D eigenvalue weighted by molar-refractivity contribution is 5.84. The Hall–Kier alpha value is -1.86. The third-order valence-corrected chi connectivity index (χ3v) is 3.24. The Labute approximate surface area is 116 Å². The molecule has 7 nitrogen and oxygen atoms in total. The van der Waals surface area contributed by atoms with Gasteiger partial charge in [0.1, 0.15) is 12.4 Å². The lowest BCUT2D eigenvalue weighted by Crippen LogP contribution is -2.45. The van der Waals surface area contributed by atoms with E-state index in [1.807, 2.05) is 0 Å². The standard InChI is InChI=1S/C13H18N2O5/c14-6-12(16)15-5-1-2-9(7-15)19-8-10-3-4-11(20-10)13(17)18/h3-4,9H,1-2,5-8,14H2,(H,17,18). The number of carboxylic acid groups (broad SMARTS) is 1. The first-order chi connectivity index (χ1) is 9.60. The molecule has 0 radical (unpaired) electrons. The molecule has 7 heteroatoms. The van der Waals surface area contributed by atoms with Gasteiger partial charge in [0.2, 0.25) is 11.7 Å². The van der Waals surface area contributed by atoms with E-state index >= 15 is 0 Å².